The van der Waals surface area contributed by atoms with Gasteiger partial charge in [0.05, 0.1) is 22.1 Å². The van der Waals surface area contributed by atoms with Crippen molar-refractivity contribution in [2.75, 3.05) is 11.6 Å². The number of nitrogens with one attached hydrogen (secondary N) is 1. The molecule has 0 spiro atoms. The highest BCUT2D eigenvalue weighted by molar-refractivity contribution is 7.89. The summed E-state index contributed by atoms with van der Waals surface area (Å²) < 4.78 is 27.8. The van der Waals surface area contributed by atoms with Crippen molar-refractivity contribution < 1.29 is 13.2 Å². The number of nitrogens with zero attached hydrogens (tertiary/aromatic N) is 4. The van der Waals surface area contributed by atoms with E-state index in [1.54, 1.807) is 4.57 Å². The third-order valence-corrected chi connectivity index (χ3v) is 7.00. The van der Waals surface area contributed by atoms with Crippen LogP contribution in [-0.2, 0) is 26.9 Å². The number of hydrogen-bond donors (Lipinski definition) is 1. The summed E-state index contributed by atoms with van der Waals surface area (Å²) in [4.78, 5) is 22.4. The van der Waals surface area contributed by atoms with Crippen LogP contribution in [0.15, 0.2) is 48.5 Å². The summed E-state index contributed by atoms with van der Waals surface area (Å²) in [5, 5.41) is 3.01. The molecular formula is C24H27N5O3S. The van der Waals surface area contributed by atoms with E-state index in [4.69, 9.17) is 4.98 Å². The molecule has 1 N–H and O–H groups in total. The molecule has 8 nitrogen and oxygen atoms in total. The van der Waals surface area contributed by atoms with Crippen molar-refractivity contribution in [3.63, 3.8) is 0 Å². The van der Waals surface area contributed by atoms with Gasteiger partial charge in [0.25, 0.3) is 0 Å². The number of benzene rings is 2. The average molecular weight is 466 g/mol. The number of sulfone groups is 1. The molecule has 0 atom stereocenters. The van der Waals surface area contributed by atoms with Gasteiger partial charge in [-0.1, -0.05) is 43.5 Å². The van der Waals surface area contributed by atoms with Gasteiger partial charge in [-0.15, -0.1) is 0 Å². The summed E-state index contributed by atoms with van der Waals surface area (Å²) in [6, 6.07) is 15.6. The molecule has 2 aromatic heterocycles. The molecule has 4 aromatic rings. The summed E-state index contributed by atoms with van der Waals surface area (Å²) in [7, 11) is -3.31. The normalized spacial score (nSPS) is 15.3. The molecule has 2 heterocycles. The number of aromatic nitrogens is 4. The molecule has 0 radical (unpaired) electrons. The van der Waals surface area contributed by atoms with Crippen molar-refractivity contribution in [2.24, 2.45) is 0 Å². The zero-order valence-electron chi connectivity index (χ0n) is 18.6. The molecule has 0 saturated heterocycles. The third-order valence-electron chi connectivity index (χ3n) is 6.21. The minimum atomic E-state index is -3.31. The first-order valence-corrected chi connectivity index (χ1v) is 13.3. The van der Waals surface area contributed by atoms with Gasteiger partial charge in [-0.05, 0) is 37.1 Å². The second-order valence-electron chi connectivity index (χ2n) is 8.81. The Kier molecular flexibility index (Phi) is 5.65. The number of imidazole rings is 2. The maximum atomic E-state index is 13.2. The number of carbonyl (C=O) groups is 1. The van der Waals surface area contributed by atoms with E-state index in [9.17, 15) is 13.2 Å². The number of hydrogen-bond acceptors (Lipinski definition) is 5. The predicted molar refractivity (Wildman–Crippen MR) is 129 cm³/mol. The van der Waals surface area contributed by atoms with Crippen molar-refractivity contribution in [2.45, 2.75) is 50.4 Å². The van der Waals surface area contributed by atoms with Gasteiger partial charge in [-0.2, -0.15) is 0 Å². The summed E-state index contributed by atoms with van der Waals surface area (Å²) in [6.07, 6.45) is 6.87. The molecule has 0 unspecified atom stereocenters. The molecule has 2 aromatic carbocycles. The molecule has 1 fully saturated rings. The van der Waals surface area contributed by atoms with E-state index in [2.05, 4.69) is 14.9 Å². The van der Waals surface area contributed by atoms with E-state index in [0.29, 0.717) is 23.3 Å². The largest absolute Gasteiger partial charge is 0.318 e. The minimum Gasteiger partial charge on any atom is -0.318 e. The predicted octanol–water partition coefficient (Wildman–Crippen LogP) is 4.07. The minimum absolute atomic E-state index is 0.0424. The van der Waals surface area contributed by atoms with Gasteiger partial charge in [-0.3, -0.25) is 10.1 Å². The highest BCUT2D eigenvalue weighted by Crippen LogP contribution is 2.34. The fourth-order valence-electron chi connectivity index (χ4n) is 4.80. The summed E-state index contributed by atoms with van der Waals surface area (Å²) >= 11 is 0. The first-order chi connectivity index (χ1) is 15.9. The Bertz CT molecular complexity index is 1430. The van der Waals surface area contributed by atoms with Crippen molar-refractivity contribution in [3.05, 3.63) is 54.4 Å². The lowest BCUT2D eigenvalue weighted by Crippen LogP contribution is -2.24. The maximum absolute atomic E-state index is 13.2. The smallest absolute Gasteiger partial charge is 0.246 e. The summed E-state index contributed by atoms with van der Waals surface area (Å²) in [5.41, 5.74) is 3.26. The monoisotopic (exact) mass is 465 g/mol. The standard InChI is InChI=1S/C24H27N5O3S/c1-33(31,32)16-22-25-18-11-5-7-13-20(18)28(22)15-23(30)27-24-26-19-12-6-8-14-21(19)29(24)17-9-3-2-4-10-17/h5-8,11-14,17H,2-4,9-10,15-16H2,1H3,(H,26,27,30). The molecule has 0 aliphatic heterocycles. The van der Waals surface area contributed by atoms with Gasteiger partial charge in [0.15, 0.2) is 9.84 Å². The van der Waals surface area contributed by atoms with Crippen molar-refractivity contribution in [1.82, 2.24) is 19.1 Å². The Morgan fingerprint density at radius 1 is 0.970 bits per heavy atom. The lowest BCUT2D eigenvalue weighted by molar-refractivity contribution is -0.116. The Balaban J connectivity index is 1.48. The Morgan fingerprint density at radius 2 is 1.61 bits per heavy atom. The molecule has 0 bridgehead atoms. The number of carbonyl (C=O) groups excluding carboxylic acids is 1. The van der Waals surface area contributed by atoms with Gasteiger partial charge in [-0.25, -0.2) is 18.4 Å². The average Bonchev–Trinajstić information content (AvgIpc) is 3.30. The van der Waals surface area contributed by atoms with Crippen molar-refractivity contribution in [3.8, 4) is 0 Å². The zero-order chi connectivity index (χ0) is 23.0. The van der Waals surface area contributed by atoms with Crippen LogP contribution in [0.25, 0.3) is 22.1 Å². The van der Waals surface area contributed by atoms with Crippen molar-refractivity contribution >= 4 is 43.8 Å². The van der Waals surface area contributed by atoms with Gasteiger partial charge in [0, 0.05) is 12.3 Å². The van der Waals surface area contributed by atoms with E-state index in [1.807, 2.05) is 48.5 Å². The van der Waals surface area contributed by atoms with Crippen LogP contribution in [0, 0.1) is 0 Å². The molecular weight excluding hydrogens is 438 g/mol. The van der Waals surface area contributed by atoms with E-state index in [-0.39, 0.29) is 18.2 Å². The molecule has 1 aliphatic rings. The summed E-state index contributed by atoms with van der Waals surface area (Å²) in [6.45, 7) is -0.0424. The Labute approximate surface area is 192 Å². The Hall–Kier alpha value is -3.20. The second kappa shape index (κ2) is 8.62. The van der Waals surface area contributed by atoms with Gasteiger partial charge in [0.2, 0.25) is 11.9 Å². The topological polar surface area (TPSA) is 98.9 Å². The lowest BCUT2D eigenvalue weighted by atomic mass is 9.95. The van der Waals surface area contributed by atoms with Crippen LogP contribution in [0.5, 0.6) is 0 Å². The van der Waals surface area contributed by atoms with Crippen LogP contribution in [0.3, 0.4) is 0 Å². The fourth-order valence-corrected chi connectivity index (χ4v) is 5.49. The SMILES string of the molecule is CS(=O)(=O)Cc1nc2ccccc2n1CC(=O)Nc1nc2ccccc2n1C1CCCCC1. The fraction of sp³-hybridized carbons (Fsp3) is 0.375. The lowest BCUT2D eigenvalue weighted by Gasteiger charge is -2.25. The first kappa shape index (κ1) is 21.6. The van der Waals surface area contributed by atoms with Gasteiger partial charge in [0.1, 0.15) is 18.1 Å². The molecule has 1 aliphatic carbocycles. The van der Waals surface area contributed by atoms with E-state index >= 15 is 0 Å². The van der Waals surface area contributed by atoms with E-state index in [0.717, 1.165) is 29.4 Å². The molecule has 33 heavy (non-hydrogen) atoms. The van der Waals surface area contributed by atoms with E-state index in [1.165, 1.54) is 25.5 Å². The third kappa shape index (κ3) is 4.50. The quantitative estimate of drug-likeness (QED) is 0.463. The highest BCUT2D eigenvalue weighted by atomic mass is 32.2. The van der Waals surface area contributed by atoms with E-state index < -0.39 is 9.84 Å². The first-order valence-electron chi connectivity index (χ1n) is 11.3. The number of rotatable bonds is 6. The van der Waals surface area contributed by atoms with Gasteiger partial charge >= 0.3 is 0 Å². The maximum Gasteiger partial charge on any atom is 0.246 e. The second-order valence-corrected chi connectivity index (χ2v) is 10.9. The highest BCUT2D eigenvalue weighted by Gasteiger charge is 2.23. The van der Waals surface area contributed by atoms with Gasteiger partial charge < -0.3 is 9.13 Å². The molecule has 5 rings (SSSR count). The number of para-hydroxylation sites is 4. The zero-order valence-corrected chi connectivity index (χ0v) is 19.4. The van der Waals surface area contributed by atoms with Crippen LogP contribution in [0.2, 0.25) is 0 Å². The molecule has 9 heteroatoms. The number of amides is 1. The van der Waals surface area contributed by atoms with Crippen LogP contribution >= 0.6 is 0 Å². The molecule has 1 saturated carbocycles. The van der Waals surface area contributed by atoms with Crippen LogP contribution in [0.1, 0.15) is 44.0 Å². The summed E-state index contributed by atoms with van der Waals surface area (Å²) in [5.74, 6) is 0.410. The molecule has 1 amide bonds. The number of anilines is 1. The van der Waals surface area contributed by atoms with Crippen molar-refractivity contribution in [1.29, 1.82) is 0 Å². The van der Waals surface area contributed by atoms with Crippen LogP contribution < -0.4 is 5.32 Å². The van der Waals surface area contributed by atoms with Crippen LogP contribution in [0.4, 0.5) is 5.95 Å². The molecule has 172 valence electrons. The Morgan fingerprint density at radius 3 is 2.30 bits per heavy atom. The number of fused-ring (bicyclic) bond motifs is 2. The van der Waals surface area contributed by atoms with Crippen LogP contribution in [-0.4, -0.2) is 39.7 Å².